The molecule has 0 saturated carbocycles. The minimum absolute atomic E-state index is 0.0579. The van der Waals surface area contributed by atoms with E-state index in [1.54, 1.807) is 48.5 Å². The van der Waals surface area contributed by atoms with Gasteiger partial charge in [-0.15, -0.1) is 0 Å². The van der Waals surface area contributed by atoms with E-state index in [0.29, 0.717) is 28.4 Å². The maximum Gasteiger partial charge on any atom is 0.414 e. The van der Waals surface area contributed by atoms with Gasteiger partial charge in [0.2, 0.25) is 0 Å². The Labute approximate surface area is 188 Å². The van der Waals surface area contributed by atoms with Crippen molar-refractivity contribution < 1.29 is 29.4 Å². The molecule has 0 saturated heterocycles. The van der Waals surface area contributed by atoms with Crippen LogP contribution in [0.3, 0.4) is 0 Å². The molecule has 0 aliphatic carbocycles. The van der Waals surface area contributed by atoms with Gasteiger partial charge in [-0.1, -0.05) is 47.1 Å². The van der Waals surface area contributed by atoms with E-state index in [2.05, 4.69) is 21.2 Å². The summed E-state index contributed by atoms with van der Waals surface area (Å²) in [4.78, 5) is 35.7. The molecule has 2 aromatic rings. The summed E-state index contributed by atoms with van der Waals surface area (Å²) in [7, 11) is 0. The summed E-state index contributed by atoms with van der Waals surface area (Å²) in [5.41, 5.74) is 2.18. The van der Waals surface area contributed by atoms with Crippen LogP contribution in [0.4, 0.5) is 4.79 Å². The van der Waals surface area contributed by atoms with Crippen LogP contribution in [0.5, 0.6) is 5.75 Å². The van der Waals surface area contributed by atoms with Gasteiger partial charge in [-0.3, -0.25) is 20.1 Å². The average molecular weight is 491 g/mol. The fraction of sp³-hybridized carbons (Fsp3) is 0.227. The predicted molar refractivity (Wildman–Crippen MR) is 116 cm³/mol. The number of allylic oxidation sites excluding steroid dienone is 1. The standard InChI is InChI=1S/C22H23BrN2O6/c1-14(7-5-6-10-19(27)25-30)20(17-13-16(23)11-12-18(17)26)31-22(29)24-21(28)15-8-3-2-4-9-15/h2-4,6,8-14,20,26,30H,5,7H2,1H3,(H,25,27)(H,24,28,29)/b10-6+/t14-,20+/m1/s1. The van der Waals surface area contributed by atoms with Crippen LogP contribution in [0.15, 0.2) is 65.2 Å². The fourth-order valence-corrected chi connectivity index (χ4v) is 3.26. The quantitative estimate of drug-likeness (QED) is 0.249. The van der Waals surface area contributed by atoms with Crippen LogP contribution in [0.2, 0.25) is 0 Å². The average Bonchev–Trinajstić information content (AvgIpc) is 2.77. The van der Waals surface area contributed by atoms with Crippen molar-refractivity contribution >= 4 is 33.8 Å². The van der Waals surface area contributed by atoms with Gasteiger partial charge in [-0.05, 0) is 49.1 Å². The molecule has 0 radical (unpaired) electrons. The van der Waals surface area contributed by atoms with Gasteiger partial charge in [0.25, 0.3) is 11.8 Å². The summed E-state index contributed by atoms with van der Waals surface area (Å²) in [6.45, 7) is 1.82. The van der Waals surface area contributed by atoms with Gasteiger partial charge in [0.05, 0.1) is 0 Å². The molecule has 31 heavy (non-hydrogen) atoms. The molecular formula is C22H23BrN2O6. The molecule has 0 heterocycles. The first-order valence-corrected chi connectivity index (χ1v) is 10.3. The van der Waals surface area contributed by atoms with E-state index in [1.807, 2.05) is 6.92 Å². The lowest BCUT2D eigenvalue weighted by Crippen LogP contribution is -2.33. The van der Waals surface area contributed by atoms with Crippen molar-refractivity contribution in [3.05, 3.63) is 76.3 Å². The molecule has 0 spiro atoms. The number of hydrogen-bond acceptors (Lipinski definition) is 6. The molecule has 0 aromatic heterocycles. The third kappa shape index (κ3) is 7.54. The molecule has 0 unspecified atom stereocenters. The van der Waals surface area contributed by atoms with Crippen LogP contribution >= 0.6 is 15.9 Å². The van der Waals surface area contributed by atoms with Crippen molar-refractivity contribution in [2.75, 3.05) is 0 Å². The minimum atomic E-state index is -0.944. The maximum atomic E-state index is 12.4. The highest BCUT2D eigenvalue weighted by atomic mass is 79.9. The Kier molecular flexibility index (Phi) is 9.23. The Morgan fingerprint density at radius 3 is 2.55 bits per heavy atom. The summed E-state index contributed by atoms with van der Waals surface area (Å²) < 4.78 is 6.21. The van der Waals surface area contributed by atoms with E-state index in [-0.39, 0.29) is 11.7 Å². The molecule has 9 heteroatoms. The number of phenolic OH excluding ortho intramolecular Hbond substituents is 1. The first-order valence-electron chi connectivity index (χ1n) is 9.47. The lowest BCUT2D eigenvalue weighted by atomic mass is 9.92. The van der Waals surface area contributed by atoms with E-state index in [0.717, 1.165) is 0 Å². The lowest BCUT2D eigenvalue weighted by molar-refractivity contribution is -0.124. The number of benzene rings is 2. The third-order valence-electron chi connectivity index (χ3n) is 4.47. The van der Waals surface area contributed by atoms with Crippen LogP contribution in [0.25, 0.3) is 0 Å². The Morgan fingerprint density at radius 1 is 1.16 bits per heavy atom. The van der Waals surface area contributed by atoms with Crippen LogP contribution in [-0.2, 0) is 9.53 Å². The number of carbonyl (C=O) groups is 3. The first-order chi connectivity index (χ1) is 14.8. The molecule has 8 nitrogen and oxygen atoms in total. The highest BCUT2D eigenvalue weighted by Crippen LogP contribution is 2.36. The molecule has 4 N–H and O–H groups in total. The molecule has 0 aliphatic rings. The molecule has 164 valence electrons. The van der Waals surface area contributed by atoms with Crippen LogP contribution in [0, 0.1) is 5.92 Å². The monoisotopic (exact) mass is 490 g/mol. The molecule has 2 rings (SSSR count). The largest absolute Gasteiger partial charge is 0.508 e. The fourth-order valence-electron chi connectivity index (χ4n) is 2.88. The topological polar surface area (TPSA) is 125 Å². The van der Waals surface area contributed by atoms with Crippen molar-refractivity contribution in [2.45, 2.75) is 25.9 Å². The number of imide groups is 1. The zero-order valence-electron chi connectivity index (χ0n) is 16.7. The van der Waals surface area contributed by atoms with E-state index >= 15 is 0 Å². The van der Waals surface area contributed by atoms with Gasteiger partial charge in [-0.2, -0.15) is 0 Å². The molecular weight excluding hydrogens is 468 g/mol. The Morgan fingerprint density at radius 2 is 1.87 bits per heavy atom. The number of aromatic hydroxyl groups is 1. The molecule has 0 bridgehead atoms. The van der Waals surface area contributed by atoms with Gasteiger partial charge in [0, 0.05) is 21.7 Å². The van der Waals surface area contributed by atoms with Crippen molar-refractivity contribution in [3.63, 3.8) is 0 Å². The highest BCUT2D eigenvalue weighted by Gasteiger charge is 2.27. The normalized spacial score (nSPS) is 12.7. The summed E-state index contributed by atoms with van der Waals surface area (Å²) in [6, 6.07) is 13.0. The van der Waals surface area contributed by atoms with Gasteiger partial charge in [-0.25, -0.2) is 10.3 Å². The smallest absolute Gasteiger partial charge is 0.414 e. The minimum Gasteiger partial charge on any atom is -0.508 e. The second-order valence-corrected chi connectivity index (χ2v) is 7.70. The molecule has 0 aliphatic heterocycles. The van der Waals surface area contributed by atoms with Crippen molar-refractivity contribution in [1.82, 2.24) is 10.8 Å². The zero-order chi connectivity index (χ0) is 22.8. The number of nitrogens with one attached hydrogen (secondary N) is 2. The number of ether oxygens (including phenoxy) is 1. The van der Waals surface area contributed by atoms with Gasteiger partial charge in [0.1, 0.15) is 11.9 Å². The SMILES string of the molecule is C[C@H](CC/C=C/C(=O)NO)[C@H](OC(=O)NC(=O)c1ccccc1)c1cc(Br)ccc1O. The highest BCUT2D eigenvalue weighted by molar-refractivity contribution is 9.10. The van der Waals surface area contributed by atoms with Crippen molar-refractivity contribution in [1.29, 1.82) is 0 Å². The first kappa shape index (κ1) is 24.1. The van der Waals surface area contributed by atoms with E-state index in [9.17, 15) is 19.5 Å². The number of halogens is 1. The number of hydrogen-bond donors (Lipinski definition) is 4. The van der Waals surface area contributed by atoms with Crippen LogP contribution < -0.4 is 10.8 Å². The van der Waals surface area contributed by atoms with Gasteiger partial charge < -0.3 is 9.84 Å². The number of rotatable bonds is 8. The predicted octanol–water partition coefficient (Wildman–Crippen LogP) is 4.24. The summed E-state index contributed by atoms with van der Waals surface area (Å²) in [6.07, 6.45) is 1.89. The van der Waals surface area contributed by atoms with Crippen LogP contribution in [-0.4, -0.2) is 28.2 Å². The lowest BCUT2D eigenvalue weighted by Gasteiger charge is -2.25. The number of amides is 3. The van der Waals surface area contributed by atoms with E-state index in [1.165, 1.54) is 17.6 Å². The summed E-state index contributed by atoms with van der Waals surface area (Å²) in [5, 5.41) is 21.0. The Bertz CT molecular complexity index is 948. The van der Waals surface area contributed by atoms with E-state index in [4.69, 9.17) is 9.94 Å². The third-order valence-corrected chi connectivity index (χ3v) is 4.96. The summed E-state index contributed by atoms with van der Waals surface area (Å²) >= 11 is 3.34. The maximum absolute atomic E-state index is 12.4. The number of hydroxylamine groups is 1. The molecule has 2 atom stereocenters. The number of alkyl carbamates (subject to hydrolysis) is 1. The van der Waals surface area contributed by atoms with Crippen molar-refractivity contribution in [3.8, 4) is 5.75 Å². The van der Waals surface area contributed by atoms with Crippen LogP contribution in [0.1, 0.15) is 41.8 Å². The molecule has 0 fully saturated rings. The second-order valence-electron chi connectivity index (χ2n) is 6.78. The van der Waals surface area contributed by atoms with Gasteiger partial charge >= 0.3 is 6.09 Å². The number of phenols is 1. The van der Waals surface area contributed by atoms with Gasteiger partial charge in [0.15, 0.2) is 0 Å². The van der Waals surface area contributed by atoms with Crippen molar-refractivity contribution in [2.24, 2.45) is 5.92 Å². The molecule has 3 amide bonds. The Balaban J connectivity index is 2.14. The number of carbonyl (C=O) groups excluding carboxylic acids is 3. The Hall–Kier alpha value is -3.17. The summed E-state index contributed by atoms with van der Waals surface area (Å²) in [5.74, 6) is -1.59. The molecule has 2 aromatic carbocycles. The second kappa shape index (κ2) is 11.9. The van der Waals surface area contributed by atoms with E-state index < -0.39 is 24.0 Å². The zero-order valence-corrected chi connectivity index (χ0v) is 18.3.